The lowest BCUT2D eigenvalue weighted by atomic mass is 9.93. The maximum absolute atomic E-state index is 12.3. The Hall–Kier alpha value is -1.79. The van der Waals surface area contributed by atoms with Crippen LogP contribution in [0.1, 0.15) is 33.1 Å². The fourth-order valence-electron chi connectivity index (χ4n) is 2.74. The summed E-state index contributed by atoms with van der Waals surface area (Å²) in [6, 6.07) is 7.36. The van der Waals surface area contributed by atoms with Crippen LogP contribution in [0.4, 0.5) is 5.69 Å². The van der Waals surface area contributed by atoms with Gasteiger partial charge in [0.2, 0.25) is 5.91 Å². The van der Waals surface area contributed by atoms with Crippen molar-refractivity contribution in [3.63, 3.8) is 0 Å². The van der Waals surface area contributed by atoms with Crippen LogP contribution in [0.15, 0.2) is 24.3 Å². The van der Waals surface area contributed by atoms with Gasteiger partial charge in [0, 0.05) is 19.5 Å². The second kappa shape index (κ2) is 8.89. The molecule has 0 atom stereocenters. The number of carbonyl (C=O) groups is 2. The summed E-state index contributed by atoms with van der Waals surface area (Å²) < 4.78 is 5.40. The van der Waals surface area contributed by atoms with Crippen LogP contribution in [0.3, 0.4) is 0 Å². The van der Waals surface area contributed by atoms with Gasteiger partial charge in [0.15, 0.2) is 6.61 Å². The zero-order valence-corrected chi connectivity index (χ0v) is 15.0. The Kier molecular flexibility index (Phi) is 7.51. The highest BCUT2D eigenvalue weighted by atomic mass is 35.5. The van der Waals surface area contributed by atoms with E-state index in [9.17, 15) is 9.59 Å². The molecule has 2 rings (SSSR count). The van der Waals surface area contributed by atoms with Crippen molar-refractivity contribution in [2.45, 2.75) is 38.6 Å². The third-order valence-corrected chi connectivity index (χ3v) is 4.52. The number of benzene rings is 1. The van der Waals surface area contributed by atoms with Gasteiger partial charge in [0.05, 0.1) is 11.2 Å². The first-order valence-electron chi connectivity index (χ1n) is 8.08. The topological polar surface area (TPSA) is 84.7 Å². The van der Waals surface area contributed by atoms with E-state index in [4.69, 9.17) is 10.5 Å². The molecule has 134 valence electrons. The maximum atomic E-state index is 12.3. The Morgan fingerprint density at radius 1 is 1.33 bits per heavy atom. The Bertz CT molecular complexity index is 568. The fourth-order valence-corrected chi connectivity index (χ4v) is 2.74. The molecular weight excluding hydrogens is 330 g/mol. The average molecular weight is 356 g/mol. The molecule has 1 aromatic rings. The molecular formula is C17H26ClN3O3. The van der Waals surface area contributed by atoms with Gasteiger partial charge in [0.1, 0.15) is 5.75 Å². The van der Waals surface area contributed by atoms with E-state index in [0.29, 0.717) is 24.5 Å². The summed E-state index contributed by atoms with van der Waals surface area (Å²) in [6.07, 6.45) is 1.80. The number of hydrogen-bond acceptors (Lipinski definition) is 4. The molecule has 1 heterocycles. The van der Waals surface area contributed by atoms with Crippen LogP contribution in [-0.4, -0.2) is 37.0 Å². The van der Waals surface area contributed by atoms with Crippen molar-refractivity contribution in [1.82, 2.24) is 5.32 Å². The first kappa shape index (κ1) is 20.3. The summed E-state index contributed by atoms with van der Waals surface area (Å²) in [7, 11) is 0. The third-order valence-electron chi connectivity index (χ3n) is 4.52. The van der Waals surface area contributed by atoms with Gasteiger partial charge in [-0.15, -0.1) is 12.4 Å². The van der Waals surface area contributed by atoms with Crippen molar-refractivity contribution < 1.29 is 14.3 Å². The third kappa shape index (κ3) is 4.39. The van der Waals surface area contributed by atoms with Crippen LogP contribution in [0.5, 0.6) is 5.75 Å². The van der Waals surface area contributed by atoms with Crippen molar-refractivity contribution in [2.24, 2.45) is 5.73 Å². The molecule has 0 fully saturated rings. The molecule has 0 saturated heterocycles. The summed E-state index contributed by atoms with van der Waals surface area (Å²) in [5.41, 5.74) is 6.16. The fraction of sp³-hybridized carbons (Fsp3) is 0.529. The van der Waals surface area contributed by atoms with E-state index in [1.807, 2.05) is 38.1 Å². The minimum Gasteiger partial charge on any atom is -0.482 e. The van der Waals surface area contributed by atoms with Gasteiger partial charge < -0.3 is 20.7 Å². The molecule has 0 aromatic heterocycles. The minimum atomic E-state index is -0.357. The highest BCUT2D eigenvalue weighted by molar-refractivity contribution is 5.98. The normalized spacial score (nSPS) is 13.6. The molecule has 1 aromatic carbocycles. The molecule has 3 N–H and O–H groups in total. The Morgan fingerprint density at radius 3 is 2.62 bits per heavy atom. The number of amides is 2. The summed E-state index contributed by atoms with van der Waals surface area (Å²) in [5.74, 6) is 0.453. The van der Waals surface area contributed by atoms with Gasteiger partial charge >= 0.3 is 0 Å². The number of fused-ring (bicyclic) bond motifs is 1. The molecule has 0 aliphatic carbocycles. The van der Waals surface area contributed by atoms with Crippen LogP contribution >= 0.6 is 12.4 Å². The number of halogens is 1. The predicted molar refractivity (Wildman–Crippen MR) is 96.7 cm³/mol. The van der Waals surface area contributed by atoms with Gasteiger partial charge in [-0.1, -0.05) is 26.0 Å². The highest BCUT2D eigenvalue weighted by Gasteiger charge is 2.28. The molecule has 0 radical (unpaired) electrons. The lowest BCUT2D eigenvalue weighted by molar-refractivity contribution is -0.123. The van der Waals surface area contributed by atoms with E-state index >= 15 is 0 Å². The number of ether oxygens (including phenoxy) is 1. The summed E-state index contributed by atoms with van der Waals surface area (Å²) in [5, 5.41) is 3.02. The molecule has 7 heteroatoms. The first-order chi connectivity index (χ1) is 11.0. The Balaban J connectivity index is 0.00000288. The van der Waals surface area contributed by atoms with E-state index in [-0.39, 0.29) is 42.8 Å². The van der Waals surface area contributed by atoms with Gasteiger partial charge in [-0.05, 0) is 25.0 Å². The number of hydrogen-bond donors (Lipinski definition) is 2. The molecule has 2 amide bonds. The van der Waals surface area contributed by atoms with Gasteiger partial charge in [0.25, 0.3) is 5.91 Å². The Labute approximate surface area is 149 Å². The van der Waals surface area contributed by atoms with Crippen LogP contribution < -0.4 is 20.7 Å². The molecule has 6 nitrogen and oxygen atoms in total. The molecule has 0 saturated carbocycles. The minimum absolute atomic E-state index is 0. The van der Waals surface area contributed by atoms with Crippen molar-refractivity contribution in [3.05, 3.63) is 24.3 Å². The lowest BCUT2D eigenvalue weighted by Gasteiger charge is -2.32. The summed E-state index contributed by atoms with van der Waals surface area (Å²) in [4.78, 5) is 25.9. The van der Waals surface area contributed by atoms with E-state index in [1.165, 1.54) is 0 Å². The number of nitrogens with one attached hydrogen (secondary N) is 1. The molecule has 0 bridgehead atoms. The van der Waals surface area contributed by atoms with Crippen LogP contribution in [0.25, 0.3) is 0 Å². The number of para-hydroxylation sites is 2. The maximum Gasteiger partial charge on any atom is 0.265 e. The number of nitrogens with two attached hydrogens (primary N) is 1. The van der Waals surface area contributed by atoms with E-state index in [2.05, 4.69) is 5.32 Å². The average Bonchev–Trinajstić information content (AvgIpc) is 2.59. The molecule has 24 heavy (non-hydrogen) atoms. The van der Waals surface area contributed by atoms with Crippen molar-refractivity contribution >= 4 is 29.9 Å². The van der Waals surface area contributed by atoms with Crippen molar-refractivity contribution in [2.75, 3.05) is 24.6 Å². The number of rotatable bonds is 7. The van der Waals surface area contributed by atoms with E-state index < -0.39 is 0 Å². The second-order valence-electron chi connectivity index (χ2n) is 5.79. The van der Waals surface area contributed by atoms with E-state index in [0.717, 1.165) is 12.8 Å². The van der Waals surface area contributed by atoms with Crippen LogP contribution in [-0.2, 0) is 9.59 Å². The Morgan fingerprint density at radius 2 is 2.00 bits per heavy atom. The molecule has 1 aliphatic heterocycles. The number of nitrogens with zero attached hydrogens (tertiary/aromatic N) is 1. The first-order valence-corrected chi connectivity index (χ1v) is 8.08. The molecule has 0 spiro atoms. The summed E-state index contributed by atoms with van der Waals surface area (Å²) >= 11 is 0. The summed E-state index contributed by atoms with van der Waals surface area (Å²) in [6.45, 7) is 4.77. The number of anilines is 1. The smallest absolute Gasteiger partial charge is 0.265 e. The second-order valence-corrected chi connectivity index (χ2v) is 5.79. The quantitative estimate of drug-likeness (QED) is 0.781. The van der Waals surface area contributed by atoms with Crippen molar-refractivity contribution in [1.29, 1.82) is 0 Å². The van der Waals surface area contributed by atoms with Gasteiger partial charge in [-0.3, -0.25) is 9.59 Å². The van der Waals surface area contributed by atoms with Crippen molar-refractivity contribution in [3.8, 4) is 5.75 Å². The van der Waals surface area contributed by atoms with Crippen LogP contribution in [0.2, 0.25) is 0 Å². The molecule has 1 aliphatic rings. The predicted octanol–water partition coefficient (Wildman–Crippen LogP) is 1.86. The molecule has 0 unspecified atom stereocenters. The zero-order chi connectivity index (χ0) is 16.9. The van der Waals surface area contributed by atoms with E-state index in [1.54, 1.807) is 4.90 Å². The number of carbonyl (C=O) groups excluding carboxylic acids is 2. The lowest BCUT2D eigenvalue weighted by Crippen LogP contribution is -2.53. The highest BCUT2D eigenvalue weighted by Crippen LogP contribution is 2.31. The van der Waals surface area contributed by atoms with Crippen LogP contribution in [0, 0.1) is 0 Å². The monoisotopic (exact) mass is 355 g/mol. The van der Waals surface area contributed by atoms with Gasteiger partial charge in [-0.25, -0.2) is 0 Å². The SMILES string of the molecule is CCC(CC)(CN)NC(=O)CCN1C(=O)COc2ccccc21.Cl. The standard InChI is InChI=1S/C17H25N3O3.ClH/c1-3-17(4-2,12-18)19-15(21)9-10-20-13-7-5-6-8-14(13)23-11-16(20)22;/h5-8H,3-4,9-12,18H2,1-2H3,(H,19,21);1H. The zero-order valence-electron chi connectivity index (χ0n) is 14.2. The van der Waals surface area contributed by atoms with Gasteiger partial charge in [-0.2, -0.15) is 0 Å². The largest absolute Gasteiger partial charge is 0.482 e.